The van der Waals surface area contributed by atoms with E-state index in [1.54, 1.807) is 12.1 Å². The van der Waals surface area contributed by atoms with Crippen molar-refractivity contribution in [3.8, 4) is 0 Å². The Balaban J connectivity index is 1.97. The Labute approximate surface area is 93.2 Å². The van der Waals surface area contributed by atoms with E-state index in [-0.39, 0.29) is 10.6 Å². The summed E-state index contributed by atoms with van der Waals surface area (Å²) in [5, 5.41) is 14.3. The maximum absolute atomic E-state index is 10.9. The van der Waals surface area contributed by atoms with Crippen molar-refractivity contribution >= 4 is 11.4 Å². The molecule has 1 aromatic rings. The third-order valence-corrected chi connectivity index (χ3v) is 3.44. The highest BCUT2D eigenvalue weighted by Gasteiger charge is 2.39. The van der Waals surface area contributed by atoms with Crippen molar-refractivity contribution in [3.63, 3.8) is 0 Å². The van der Waals surface area contributed by atoms with Crippen LogP contribution in [-0.2, 0) is 0 Å². The SMILES string of the molecule is O=[N+]([O-])c1ccccc1N1CC2CC1CN2. The zero-order chi connectivity index (χ0) is 11.1. The number of benzene rings is 1. The second-order valence-electron chi connectivity index (χ2n) is 4.39. The molecule has 3 rings (SSSR count). The highest BCUT2D eigenvalue weighted by Crippen LogP contribution is 2.35. The van der Waals surface area contributed by atoms with Crippen molar-refractivity contribution in [3.05, 3.63) is 34.4 Å². The molecule has 16 heavy (non-hydrogen) atoms. The highest BCUT2D eigenvalue weighted by atomic mass is 16.6. The molecule has 2 unspecified atom stereocenters. The summed E-state index contributed by atoms with van der Waals surface area (Å²) < 4.78 is 0. The van der Waals surface area contributed by atoms with Gasteiger partial charge in [-0.3, -0.25) is 10.1 Å². The van der Waals surface area contributed by atoms with Crippen LogP contribution in [0, 0.1) is 10.1 Å². The van der Waals surface area contributed by atoms with Gasteiger partial charge in [0.05, 0.1) is 4.92 Å². The fourth-order valence-corrected chi connectivity index (χ4v) is 2.72. The standard InChI is InChI=1S/C11H13N3O2/c15-14(16)11-4-2-1-3-10(11)13-7-8-5-9(13)6-12-8/h1-4,8-9,12H,5-7H2. The normalized spacial score (nSPS) is 27.4. The van der Waals surface area contributed by atoms with Crippen LogP contribution in [0.4, 0.5) is 11.4 Å². The molecule has 5 nitrogen and oxygen atoms in total. The zero-order valence-electron chi connectivity index (χ0n) is 8.80. The largest absolute Gasteiger partial charge is 0.360 e. The molecule has 0 saturated carbocycles. The maximum Gasteiger partial charge on any atom is 0.292 e. The molecule has 2 atom stereocenters. The molecular weight excluding hydrogens is 206 g/mol. The van der Waals surface area contributed by atoms with E-state index in [0.29, 0.717) is 12.1 Å². The quantitative estimate of drug-likeness (QED) is 0.598. The van der Waals surface area contributed by atoms with Gasteiger partial charge in [-0.25, -0.2) is 0 Å². The first-order chi connectivity index (χ1) is 7.75. The van der Waals surface area contributed by atoms with Crippen LogP contribution in [0.25, 0.3) is 0 Å². The van der Waals surface area contributed by atoms with Crippen LogP contribution in [0.2, 0.25) is 0 Å². The minimum atomic E-state index is -0.297. The van der Waals surface area contributed by atoms with Gasteiger partial charge in [0.15, 0.2) is 0 Å². The molecule has 2 aliphatic rings. The van der Waals surface area contributed by atoms with Gasteiger partial charge in [0.25, 0.3) is 5.69 Å². The Morgan fingerprint density at radius 1 is 1.44 bits per heavy atom. The number of piperazine rings is 1. The molecule has 1 aromatic carbocycles. The lowest BCUT2D eigenvalue weighted by Gasteiger charge is -2.29. The number of fused-ring (bicyclic) bond motifs is 2. The number of nitrogens with zero attached hydrogens (tertiary/aromatic N) is 2. The van der Waals surface area contributed by atoms with Gasteiger partial charge < -0.3 is 10.2 Å². The number of nitro benzene ring substituents is 1. The lowest BCUT2D eigenvalue weighted by Crippen LogP contribution is -2.43. The predicted octanol–water partition coefficient (Wildman–Crippen LogP) is 1.15. The van der Waals surface area contributed by atoms with E-state index in [4.69, 9.17) is 0 Å². The number of nitro groups is 1. The molecule has 0 amide bonds. The van der Waals surface area contributed by atoms with E-state index < -0.39 is 0 Å². The molecule has 2 heterocycles. The van der Waals surface area contributed by atoms with Crippen molar-refractivity contribution in [1.29, 1.82) is 0 Å². The van der Waals surface area contributed by atoms with Gasteiger partial charge in [-0.1, -0.05) is 12.1 Å². The summed E-state index contributed by atoms with van der Waals surface area (Å²) in [7, 11) is 0. The monoisotopic (exact) mass is 219 g/mol. The first-order valence-corrected chi connectivity index (χ1v) is 5.49. The van der Waals surface area contributed by atoms with Gasteiger partial charge >= 0.3 is 0 Å². The van der Waals surface area contributed by atoms with Gasteiger partial charge in [-0.2, -0.15) is 0 Å². The lowest BCUT2D eigenvalue weighted by atomic mass is 10.2. The first kappa shape index (κ1) is 9.59. The smallest absolute Gasteiger partial charge is 0.292 e. The Hall–Kier alpha value is -1.62. The number of rotatable bonds is 2. The molecule has 0 aromatic heterocycles. The fourth-order valence-electron chi connectivity index (χ4n) is 2.72. The third kappa shape index (κ3) is 1.36. The van der Waals surface area contributed by atoms with Crippen molar-refractivity contribution in [1.82, 2.24) is 5.32 Å². The molecular formula is C11H13N3O2. The summed E-state index contributed by atoms with van der Waals surface area (Å²) in [6.45, 7) is 1.83. The number of anilines is 1. The minimum absolute atomic E-state index is 0.218. The average molecular weight is 219 g/mol. The Kier molecular flexibility index (Phi) is 2.07. The van der Waals surface area contributed by atoms with E-state index >= 15 is 0 Å². The number of nitrogens with one attached hydrogen (secondary N) is 1. The Bertz CT molecular complexity index is 435. The van der Waals surface area contributed by atoms with Crippen molar-refractivity contribution in [2.24, 2.45) is 0 Å². The molecule has 2 fully saturated rings. The average Bonchev–Trinajstić information content (AvgIpc) is 2.90. The molecule has 84 valence electrons. The molecule has 2 saturated heterocycles. The van der Waals surface area contributed by atoms with Crippen LogP contribution in [-0.4, -0.2) is 30.1 Å². The molecule has 1 N–H and O–H groups in total. The van der Waals surface area contributed by atoms with Crippen molar-refractivity contribution in [2.75, 3.05) is 18.0 Å². The van der Waals surface area contributed by atoms with E-state index in [9.17, 15) is 10.1 Å². The first-order valence-electron chi connectivity index (χ1n) is 5.49. The lowest BCUT2D eigenvalue weighted by molar-refractivity contribution is -0.384. The minimum Gasteiger partial charge on any atom is -0.360 e. The van der Waals surface area contributed by atoms with E-state index in [1.807, 2.05) is 12.1 Å². The molecule has 5 heteroatoms. The van der Waals surface area contributed by atoms with E-state index in [1.165, 1.54) is 0 Å². The second-order valence-corrected chi connectivity index (χ2v) is 4.39. The van der Waals surface area contributed by atoms with Gasteiger partial charge in [-0.15, -0.1) is 0 Å². The molecule has 0 aliphatic carbocycles. The van der Waals surface area contributed by atoms with Gasteiger partial charge in [0.1, 0.15) is 5.69 Å². The number of hydrogen-bond donors (Lipinski definition) is 1. The summed E-state index contributed by atoms with van der Waals surface area (Å²) in [5.74, 6) is 0. The maximum atomic E-state index is 10.9. The van der Waals surface area contributed by atoms with E-state index in [0.717, 1.165) is 25.2 Å². The topological polar surface area (TPSA) is 58.4 Å². The third-order valence-electron chi connectivity index (χ3n) is 3.44. The number of hydrogen-bond acceptors (Lipinski definition) is 4. The van der Waals surface area contributed by atoms with Crippen LogP contribution in [0.15, 0.2) is 24.3 Å². The van der Waals surface area contributed by atoms with Crippen molar-refractivity contribution < 1.29 is 4.92 Å². The predicted molar refractivity (Wildman–Crippen MR) is 60.6 cm³/mol. The van der Waals surface area contributed by atoms with Crippen LogP contribution >= 0.6 is 0 Å². The fraction of sp³-hybridized carbons (Fsp3) is 0.455. The summed E-state index contributed by atoms with van der Waals surface area (Å²) in [5.41, 5.74) is 0.983. The summed E-state index contributed by atoms with van der Waals surface area (Å²) in [4.78, 5) is 12.8. The summed E-state index contributed by atoms with van der Waals surface area (Å²) in [6.07, 6.45) is 1.10. The summed E-state index contributed by atoms with van der Waals surface area (Å²) in [6, 6.07) is 7.93. The van der Waals surface area contributed by atoms with Crippen LogP contribution in [0.3, 0.4) is 0 Å². The summed E-state index contributed by atoms with van der Waals surface area (Å²) >= 11 is 0. The second kappa shape index (κ2) is 3.45. The molecule has 2 aliphatic heterocycles. The van der Waals surface area contributed by atoms with Gasteiger partial charge in [0, 0.05) is 31.2 Å². The highest BCUT2D eigenvalue weighted by molar-refractivity contribution is 5.64. The van der Waals surface area contributed by atoms with Crippen LogP contribution in [0.5, 0.6) is 0 Å². The number of para-hydroxylation sites is 2. The van der Waals surface area contributed by atoms with Crippen LogP contribution < -0.4 is 10.2 Å². The molecule has 2 bridgehead atoms. The zero-order valence-corrected chi connectivity index (χ0v) is 8.80. The Morgan fingerprint density at radius 3 is 2.88 bits per heavy atom. The molecule has 0 spiro atoms. The van der Waals surface area contributed by atoms with E-state index in [2.05, 4.69) is 10.2 Å². The van der Waals surface area contributed by atoms with Gasteiger partial charge in [0.2, 0.25) is 0 Å². The van der Waals surface area contributed by atoms with Crippen LogP contribution in [0.1, 0.15) is 6.42 Å². The Morgan fingerprint density at radius 2 is 2.25 bits per heavy atom. The van der Waals surface area contributed by atoms with Crippen molar-refractivity contribution in [2.45, 2.75) is 18.5 Å². The van der Waals surface area contributed by atoms with Gasteiger partial charge in [-0.05, 0) is 12.5 Å². The molecule has 0 radical (unpaired) electrons.